The summed E-state index contributed by atoms with van der Waals surface area (Å²) in [5.41, 5.74) is 4.15. The minimum absolute atomic E-state index is 0.0467. The number of anilines is 2. The van der Waals surface area contributed by atoms with Crippen LogP contribution in [0.5, 0.6) is 0 Å². The van der Waals surface area contributed by atoms with Crippen LogP contribution in [0, 0.1) is 0 Å². The van der Waals surface area contributed by atoms with Gasteiger partial charge in [-0.1, -0.05) is 28.1 Å². The summed E-state index contributed by atoms with van der Waals surface area (Å²) in [6.45, 7) is -0.134. The van der Waals surface area contributed by atoms with Crippen molar-refractivity contribution < 1.29 is 13.8 Å². The molecule has 0 radical (unpaired) electrons. The number of carbonyl (C=O) groups excluding carboxylic acids is 2. The maximum Gasteiger partial charge on any atom is 0.329 e. The van der Waals surface area contributed by atoms with Gasteiger partial charge in [0.1, 0.15) is 12.4 Å². The lowest BCUT2D eigenvalue weighted by molar-refractivity contribution is -0.120. The van der Waals surface area contributed by atoms with Gasteiger partial charge in [0, 0.05) is 50.3 Å². The van der Waals surface area contributed by atoms with E-state index in [-0.39, 0.29) is 30.1 Å². The number of amides is 2. The lowest BCUT2D eigenvalue weighted by atomic mass is 9.79. The number of nitrogens with zero attached hydrogens (tertiary/aromatic N) is 3. The summed E-state index contributed by atoms with van der Waals surface area (Å²) in [6.07, 6.45) is 4.12. The molecule has 11 heteroatoms. The largest absolute Gasteiger partial charge is 0.329 e. The summed E-state index contributed by atoms with van der Waals surface area (Å²) in [6, 6.07) is 15.1. The Morgan fingerprint density at radius 3 is 2.70 bits per heavy atom. The number of carbonyl (C=O) groups is 2. The highest BCUT2D eigenvalue weighted by Gasteiger charge is 2.51. The Bertz CT molecular complexity index is 1800. The molecule has 4 aromatic rings. The maximum absolute atomic E-state index is 13.6. The van der Waals surface area contributed by atoms with Gasteiger partial charge in [-0.05, 0) is 73.2 Å². The fraction of sp³-hybridized carbons (Fsp3) is 0.310. The van der Waals surface area contributed by atoms with Crippen LogP contribution in [0.3, 0.4) is 0 Å². The zero-order valence-electron chi connectivity index (χ0n) is 21.5. The van der Waals surface area contributed by atoms with Crippen molar-refractivity contribution in [1.29, 1.82) is 0 Å². The van der Waals surface area contributed by atoms with Crippen molar-refractivity contribution in [2.75, 3.05) is 22.1 Å². The molecule has 2 N–H and O–H groups in total. The summed E-state index contributed by atoms with van der Waals surface area (Å²) in [7, 11) is -0.841. The molecular formula is C29H26BrN5O4S. The van der Waals surface area contributed by atoms with Gasteiger partial charge in [-0.25, -0.2) is 9.78 Å². The molecule has 9 nitrogen and oxygen atoms in total. The fourth-order valence-electron chi connectivity index (χ4n) is 6.49. The number of hydrogen-bond donors (Lipinski definition) is 2. The van der Waals surface area contributed by atoms with Crippen LogP contribution in [0.15, 0.2) is 64.0 Å². The molecule has 0 saturated carbocycles. The van der Waals surface area contributed by atoms with E-state index in [1.807, 2.05) is 48.5 Å². The monoisotopic (exact) mass is 619 g/mol. The van der Waals surface area contributed by atoms with Crippen molar-refractivity contribution in [3.63, 3.8) is 0 Å². The molecule has 40 heavy (non-hydrogen) atoms. The Kier molecular flexibility index (Phi) is 6.04. The van der Waals surface area contributed by atoms with E-state index in [4.69, 9.17) is 0 Å². The standard InChI is InChI=1S/C29H26BrN5O4S/c30-19-4-6-23-24(13-19)35(21-7-10-40(39)11-8-21)28(38)34(23)16-25(36)32-20-5-3-17-14-29(15-18(17)12-20)22-2-1-9-31-26(22)33-27(29)37/h1-6,9,12-13,21H,7-8,10-11,14-16H2,(H,32,36)(H,31,33,37). The molecule has 0 bridgehead atoms. The number of pyridine rings is 1. The smallest absolute Gasteiger partial charge is 0.325 e. The average Bonchev–Trinajstić information content (AvgIpc) is 3.54. The van der Waals surface area contributed by atoms with Crippen molar-refractivity contribution >= 4 is 61.1 Å². The van der Waals surface area contributed by atoms with E-state index >= 15 is 0 Å². The predicted molar refractivity (Wildman–Crippen MR) is 157 cm³/mol. The van der Waals surface area contributed by atoms with Gasteiger partial charge in [0.15, 0.2) is 0 Å². The van der Waals surface area contributed by atoms with E-state index in [1.165, 1.54) is 4.57 Å². The van der Waals surface area contributed by atoms with E-state index in [9.17, 15) is 18.6 Å². The van der Waals surface area contributed by atoms with Gasteiger partial charge in [-0.15, -0.1) is 0 Å². The molecule has 3 aliphatic rings. The lowest BCUT2D eigenvalue weighted by Gasteiger charge is -2.22. The maximum atomic E-state index is 13.6. The van der Waals surface area contributed by atoms with Crippen LogP contribution in [-0.4, -0.2) is 41.6 Å². The van der Waals surface area contributed by atoms with Crippen LogP contribution in [0.2, 0.25) is 0 Å². The molecule has 1 atom stereocenters. The normalized spacial score (nSPS) is 23.3. The van der Waals surface area contributed by atoms with Crippen LogP contribution in [0.25, 0.3) is 11.0 Å². The minimum Gasteiger partial charge on any atom is -0.325 e. The number of benzene rings is 2. The van der Waals surface area contributed by atoms with Crippen molar-refractivity contribution in [3.05, 3.63) is 86.4 Å². The quantitative estimate of drug-likeness (QED) is 0.362. The Balaban J connectivity index is 1.14. The van der Waals surface area contributed by atoms with Gasteiger partial charge >= 0.3 is 5.69 Å². The van der Waals surface area contributed by atoms with E-state index in [0.717, 1.165) is 26.7 Å². The molecule has 1 aliphatic carbocycles. The van der Waals surface area contributed by atoms with Gasteiger partial charge in [-0.2, -0.15) is 0 Å². The third kappa shape index (κ3) is 4.05. The highest BCUT2D eigenvalue weighted by Crippen LogP contribution is 2.47. The summed E-state index contributed by atoms with van der Waals surface area (Å²) in [5, 5.41) is 5.88. The molecule has 4 heterocycles. The number of aromatic nitrogens is 3. The molecule has 204 valence electrons. The summed E-state index contributed by atoms with van der Waals surface area (Å²) in [5.74, 6) is 1.40. The van der Waals surface area contributed by atoms with Gasteiger partial charge in [-0.3, -0.25) is 22.9 Å². The van der Waals surface area contributed by atoms with Crippen molar-refractivity contribution in [2.24, 2.45) is 0 Å². The summed E-state index contributed by atoms with van der Waals surface area (Å²) < 4.78 is 16.0. The second kappa shape index (κ2) is 9.52. The number of rotatable bonds is 4. The Labute approximate surface area is 240 Å². The molecular weight excluding hydrogens is 594 g/mol. The first kappa shape index (κ1) is 25.4. The third-order valence-corrected chi connectivity index (χ3v) is 10.3. The van der Waals surface area contributed by atoms with Crippen molar-refractivity contribution in [1.82, 2.24) is 14.1 Å². The number of imidazole rings is 1. The van der Waals surface area contributed by atoms with Gasteiger partial charge in [0.25, 0.3) is 0 Å². The molecule has 2 aliphatic heterocycles. The zero-order valence-corrected chi connectivity index (χ0v) is 23.9. The van der Waals surface area contributed by atoms with E-state index in [1.54, 1.807) is 10.8 Å². The van der Waals surface area contributed by atoms with E-state index in [0.29, 0.717) is 54.2 Å². The number of fused-ring (bicyclic) bond motifs is 4. The Morgan fingerprint density at radius 1 is 1.07 bits per heavy atom. The molecule has 1 unspecified atom stereocenters. The number of halogens is 1. The fourth-order valence-corrected chi connectivity index (χ4v) is 8.11. The van der Waals surface area contributed by atoms with Crippen LogP contribution < -0.4 is 16.3 Å². The Hall–Kier alpha value is -3.57. The van der Waals surface area contributed by atoms with Gasteiger partial charge < -0.3 is 10.6 Å². The summed E-state index contributed by atoms with van der Waals surface area (Å²) >= 11 is 3.51. The zero-order chi connectivity index (χ0) is 27.6. The number of hydrogen-bond acceptors (Lipinski definition) is 5. The van der Waals surface area contributed by atoms with Gasteiger partial charge in [0.2, 0.25) is 11.8 Å². The van der Waals surface area contributed by atoms with Crippen LogP contribution in [-0.2, 0) is 45.2 Å². The van der Waals surface area contributed by atoms with Crippen LogP contribution in [0.1, 0.15) is 35.6 Å². The minimum atomic E-state index is -0.841. The molecule has 7 rings (SSSR count). The van der Waals surface area contributed by atoms with Gasteiger partial charge in [0.05, 0.1) is 16.4 Å². The molecule has 1 fully saturated rings. The highest BCUT2D eigenvalue weighted by atomic mass is 79.9. The highest BCUT2D eigenvalue weighted by molar-refractivity contribution is 9.10. The van der Waals surface area contributed by atoms with Crippen LogP contribution >= 0.6 is 15.9 Å². The molecule has 2 aromatic heterocycles. The predicted octanol–water partition coefficient (Wildman–Crippen LogP) is 3.67. The second-order valence-corrected chi connectivity index (χ2v) is 13.4. The van der Waals surface area contributed by atoms with Crippen molar-refractivity contribution in [3.8, 4) is 0 Å². The molecule has 1 saturated heterocycles. The first-order chi connectivity index (χ1) is 19.3. The molecule has 2 amide bonds. The van der Waals surface area contributed by atoms with E-state index < -0.39 is 16.2 Å². The molecule has 1 spiro atoms. The topological polar surface area (TPSA) is 115 Å². The lowest BCUT2D eigenvalue weighted by Crippen LogP contribution is -2.35. The Morgan fingerprint density at radius 2 is 1.88 bits per heavy atom. The first-order valence-corrected chi connectivity index (χ1v) is 15.5. The first-order valence-electron chi connectivity index (χ1n) is 13.3. The van der Waals surface area contributed by atoms with Crippen molar-refractivity contribution in [2.45, 2.75) is 43.7 Å². The third-order valence-electron chi connectivity index (χ3n) is 8.41. The molecule has 2 aromatic carbocycles. The SMILES string of the molecule is O=C(Cn1c(=O)n(C2CCS(=O)CC2)c2cc(Br)ccc21)Nc1ccc2c(c1)CC1(C2)C(=O)Nc2ncccc21. The second-order valence-electron chi connectivity index (χ2n) is 10.8. The van der Waals surface area contributed by atoms with Crippen LogP contribution in [0.4, 0.5) is 11.5 Å². The summed E-state index contributed by atoms with van der Waals surface area (Å²) in [4.78, 5) is 44.2. The average molecular weight is 621 g/mol. The van der Waals surface area contributed by atoms with E-state index in [2.05, 4.69) is 31.5 Å². The number of nitrogens with one attached hydrogen (secondary N) is 2.